The maximum absolute atomic E-state index is 13.6. The summed E-state index contributed by atoms with van der Waals surface area (Å²) >= 11 is 5.79. The highest BCUT2D eigenvalue weighted by atomic mass is 35.5. The zero-order valence-electron chi connectivity index (χ0n) is 30.1. The number of rotatable bonds is 12. The number of nitrogens with zero attached hydrogens (tertiary/aromatic N) is 5. The van der Waals surface area contributed by atoms with Crippen LogP contribution in [0.15, 0.2) is 114 Å². The van der Waals surface area contributed by atoms with E-state index in [4.69, 9.17) is 30.7 Å². The lowest BCUT2D eigenvalue weighted by molar-refractivity contribution is -0.141. The summed E-state index contributed by atoms with van der Waals surface area (Å²) in [4.78, 5) is 25.7. The molecule has 5 rings (SSSR count). The molecule has 0 saturated heterocycles. The fourth-order valence-corrected chi connectivity index (χ4v) is 5.20. The molecule has 0 amide bonds. The maximum atomic E-state index is 13.6. The summed E-state index contributed by atoms with van der Waals surface area (Å²) in [6.07, 6.45) is -6.56. The van der Waals surface area contributed by atoms with E-state index in [0.717, 1.165) is 18.2 Å². The van der Waals surface area contributed by atoms with Crippen molar-refractivity contribution < 1.29 is 55.4 Å². The minimum atomic E-state index is -4.68. The van der Waals surface area contributed by atoms with Gasteiger partial charge in [0.15, 0.2) is 5.71 Å². The van der Waals surface area contributed by atoms with E-state index in [1.165, 1.54) is 69.7 Å². The highest BCUT2D eigenvalue weighted by Crippen LogP contribution is 2.40. The van der Waals surface area contributed by atoms with Gasteiger partial charge in [0.05, 0.1) is 30.5 Å². The number of aliphatic hydroxyl groups is 1. The summed E-state index contributed by atoms with van der Waals surface area (Å²) in [5.41, 5.74) is -2.37. The number of carbonyl (C=O) groups excluding carboxylic acids is 1. The van der Waals surface area contributed by atoms with E-state index in [-0.39, 0.29) is 41.5 Å². The van der Waals surface area contributed by atoms with Crippen LogP contribution in [0.1, 0.15) is 47.2 Å². The van der Waals surface area contributed by atoms with Gasteiger partial charge in [0, 0.05) is 16.1 Å². The zero-order valence-corrected chi connectivity index (χ0v) is 30.9. The van der Waals surface area contributed by atoms with Crippen molar-refractivity contribution in [3.05, 3.63) is 142 Å². The van der Waals surface area contributed by atoms with Crippen molar-refractivity contribution in [2.24, 2.45) is 10.3 Å². The van der Waals surface area contributed by atoms with E-state index in [9.17, 15) is 36.2 Å². The van der Waals surface area contributed by atoms with Crippen LogP contribution in [-0.4, -0.2) is 51.5 Å². The Labute approximate surface area is 321 Å². The molecular formula is C38H34ClF6N5O6. The third-order valence-electron chi connectivity index (χ3n) is 7.73. The first-order valence-corrected chi connectivity index (χ1v) is 16.6. The quantitative estimate of drug-likeness (QED) is 0.0574. The summed E-state index contributed by atoms with van der Waals surface area (Å²) in [6, 6.07) is 21.2. The molecule has 1 atom stereocenters. The first-order chi connectivity index (χ1) is 26.4. The number of carbonyl (C=O) groups is 1. The molecule has 18 heteroatoms. The Morgan fingerprint density at radius 1 is 0.857 bits per heavy atom. The molecule has 4 aromatic carbocycles. The number of aromatic nitrogens is 3. The third kappa shape index (κ3) is 11.8. The molecule has 1 heterocycles. The van der Waals surface area contributed by atoms with Crippen LogP contribution < -0.4 is 4.74 Å². The minimum Gasteiger partial charge on any atom is -0.464 e. The maximum Gasteiger partial charge on any atom is 0.416 e. The molecule has 0 saturated carbocycles. The zero-order chi connectivity index (χ0) is 41.1. The van der Waals surface area contributed by atoms with Crippen LogP contribution >= 0.6 is 11.6 Å². The topological polar surface area (TPSA) is 130 Å². The fraction of sp³-hybridized carbons (Fsp3) is 0.237. The molecule has 0 aliphatic carbocycles. The number of esters is 1. The van der Waals surface area contributed by atoms with Gasteiger partial charge in [-0.05, 0) is 73.5 Å². The number of oxime groups is 2. The van der Waals surface area contributed by atoms with Crippen molar-refractivity contribution in [3.63, 3.8) is 0 Å². The number of halogens is 7. The van der Waals surface area contributed by atoms with Crippen LogP contribution in [0.5, 0.6) is 11.5 Å². The third-order valence-corrected chi connectivity index (χ3v) is 7.98. The lowest BCUT2D eigenvalue weighted by atomic mass is 9.90. The standard InChI is InChI=1S/C20H19F3N2O4.C18H15ClF3N3O2/c1-13(14-8-6-9-16(11-14)20(21,22)23)24-29-12-15-7-4-5-10-17(15)18(25-28-3)19(26)27-2;1-17(26,9-25-11-23-10-24-25)15-7-6-14(8-16(15)18(20,21)22)27-13-4-2-12(19)3-5-13/h4-11H,12H2,1-3H3;2-8,10-11,26H,9H2,1H3/b24-13+,25-18+;. The lowest BCUT2D eigenvalue weighted by Gasteiger charge is -2.27. The number of alkyl halides is 6. The van der Waals surface area contributed by atoms with E-state index < -0.39 is 35.0 Å². The second-order valence-corrected chi connectivity index (χ2v) is 12.4. The Morgan fingerprint density at radius 3 is 2.18 bits per heavy atom. The van der Waals surface area contributed by atoms with Crippen molar-refractivity contribution in [2.75, 3.05) is 14.2 Å². The predicted octanol–water partition coefficient (Wildman–Crippen LogP) is 8.82. The van der Waals surface area contributed by atoms with Gasteiger partial charge in [-0.3, -0.25) is 0 Å². The summed E-state index contributed by atoms with van der Waals surface area (Å²) in [7, 11) is 2.51. The van der Waals surface area contributed by atoms with Gasteiger partial charge in [-0.15, -0.1) is 0 Å². The van der Waals surface area contributed by atoms with Gasteiger partial charge in [0.25, 0.3) is 0 Å². The summed E-state index contributed by atoms with van der Waals surface area (Å²) < 4.78 is 90.8. The van der Waals surface area contributed by atoms with Gasteiger partial charge in [0.2, 0.25) is 0 Å². The van der Waals surface area contributed by atoms with Crippen LogP contribution in [0.4, 0.5) is 26.3 Å². The van der Waals surface area contributed by atoms with Crippen molar-refractivity contribution in [3.8, 4) is 11.5 Å². The molecule has 5 aromatic rings. The molecule has 1 aromatic heterocycles. The Balaban J connectivity index is 0.000000249. The molecular weight excluding hydrogens is 772 g/mol. The van der Waals surface area contributed by atoms with Gasteiger partial charge in [-0.1, -0.05) is 64.4 Å². The summed E-state index contributed by atoms with van der Waals surface area (Å²) in [5, 5.41) is 22.6. The second kappa shape index (κ2) is 18.6. The Bertz CT molecular complexity index is 2140. The van der Waals surface area contributed by atoms with Crippen molar-refractivity contribution in [1.29, 1.82) is 0 Å². The van der Waals surface area contributed by atoms with Gasteiger partial charge in [0.1, 0.15) is 43.5 Å². The second-order valence-electron chi connectivity index (χ2n) is 11.9. The highest BCUT2D eigenvalue weighted by Gasteiger charge is 2.39. The van der Waals surface area contributed by atoms with E-state index in [1.807, 2.05) is 0 Å². The smallest absolute Gasteiger partial charge is 0.416 e. The Hall–Kier alpha value is -5.94. The number of methoxy groups -OCH3 is 1. The van der Waals surface area contributed by atoms with Crippen LogP contribution in [-0.2, 0) is 50.3 Å². The molecule has 0 fully saturated rings. The fourth-order valence-electron chi connectivity index (χ4n) is 5.08. The average Bonchev–Trinajstić information content (AvgIpc) is 3.66. The van der Waals surface area contributed by atoms with Crippen molar-refractivity contribution in [2.45, 2.75) is 45.0 Å². The molecule has 0 aliphatic rings. The molecule has 296 valence electrons. The molecule has 1 N–H and O–H groups in total. The first kappa shape index (κ1) is 42.8. The first-order valence-electron chi connectivity index (χ1n) is 16.2. The molecule has 11 nitrogen and oxygen atoms in total. The average molecular weight is 806 g/mol. The van der Waals surface area contributed by atoms with Crippen LogP contribution in [0.2, 0.25) is 5.02 Å². The molecule has 1 unspecified atom stereocenters. The monoisotopic (exact) mass is 805 g/mol. The summed E-state index contributed by atoms with van der Waals surface area (Å²) in [5.74, 6) is -0.359. The summed E-state index contributed by atoms with van der Waals surface area (Å²) in [6.45, 7) is 2.59. The normalized spacial score (nSPS) is 13.2. The van der Waals surface area contributed by atoms with Gasteiger partial charge < -0.3 is 24.3 Å². The van der Waals surface area contributed by atoms with E-state index in [0.29, 0.717) is 21.9 Å². The highest BCUT2D eigenvalue weighted by molar-refractivity contribution is 6.43. The van der Waals surface area contributed by atoms with Crippen molar-refractivity contribution >= 4 is 29.0 Å². The van der Waals surface area contributed by atoms with E-state index in [2.05, 4.69) is 20.4 Å². The van der Waals surface area contributed by atoms with E-state index in [1.54, 1.807) is 48.5 Å². The van der Waals surface area contributed by atoms with Gasteiger partial charge in [-0.2, -0.15) is 31.4 Å². The number of hydrogen-bond acceptors (Lipinski definition) is 10. The minimum absolute atomic E-state index is 0.00930. The SMILES string of the molecule is CC(O)(Cn1cncn1)c1ccc(Oc2ccc(Cl)cc2)cc1C(F)(F)F.CO/N=C(/C(=O)OC)c1ccccc1CO/N=C(\C)c1cccc(C(F)(F)F)c1. The van der Waals surface area contributed by atoms with Crippen molar-refractivity contribution in [1.82, 2.24) is 14.8 Å². The molecule has 0 bridgehead atoms. The Morgan fingerprint density at radius 2 is 1.55 bits per heavy atom. The van der Waals surface area contributed by atoms with Crippen LogP contribution in [0, 0.1) is 0 Å². The lowest BCUT2D eigenvalue weighted by Crippen LogP contribution is -2.31. The molecule has 0 aliphatic heterocycles. The number of hydrogen-bond donors (Lipinski definition) is 1. The van der Waals surface area contributed by atoms with Gasteiger partial charge >= 0.3 is 18.3 Å². The largest absolute Gasteiger partial charge is 0.464 e. The molecule has 56 heavy (non-hydrogen) atoms. The van der Waals surface area contributed by atoms with Gasteiger partial charge in [-0.25, -0.2) is 14.5 Å². The van der Waals surface area contributed by atoms with Crippen LogP contribution in [0.25, 0.3) is 0 Å². The van der Waals surface area contributed by atoms with Crippen LogP contribution in [0.3, 0.4) is 0 Å². The Kier molecular flexibility index (Phi) is 14.2. The number of ether oxygens (including phenoxy) is 2. The molecule has 0 spiro atoms. The number of benzene rings is 4. The molecule has 0 radical (unpaired) electrons. The predicted molar refractivity (Wildman–Crippen MR) is 193 cm³/mol. The van der Waals surface area contributed by atoms with E-state index >= 15 is 0 Å².